The van der Waals surface area contributed by atoms with Crippen LogP contribution in [-0.4, -0.2) is 36.0 Å². The Bertz CT molecular complexity index is 438. The lowest BCUT2D eigenvalue weighted by Crippen LogP contribution is -2.45. The minimum Gasteiger partial charge on any atom is -0.338 e. The minimum absolute atomic E-state index is 0.219. The summed E-state index contributed by atoms with van der Waals surface area (Å²) in [6, 6.07) is 8.70. The molecule has 1 aromatic rings. The molecular weight excluding hydrogens is 316 g/mol. The maximum Gasteiger partial charge on any atom is 0.227 e. The fourth-order valence-corrected chi connectivity index (χ4v) is 2.89. The fourth-order valence-electron chi connectivity index (χ4n) is 2.63. The van der Waals surface area contributed by atoms with Crippen LogP contribution in [0.4, 0.5) is 0 Å². The molecule has 20 heavy (non-hydrogen) atoms. The molecule has 1 aromatic carbocycles. The van der Waals surface area contributed by atoms with Crippen LogP contribution in [-0.2, 0) is 11.2 Å². The molecule has 110 valence electrons. The number of halogens is 1. The summed E-state index contributed by atoms with van der Waals surface area (Å²) in [7, 11) is 0. The van der Waals surface area contributed by atoms with Crippen LogP contribution < -0.4 is 5.32 Å². The van der Waals surface area contributed by atoms with Crippen LogP contribution in [0.25, 0.3) is 0 Å². The summed E-state index contributed by atoms with van der Waals surface area (Å²) in [4.78, 5) is 14.5. The van der Waals surface area contributed by atoms with Gasteiger partial charge in [-0.3, -0.25) is 4.79 Å². The molecule has 3 nitrogen and oxygen atoms in total. The molecule has 0 saturated carbocycles. The summed E-state index contributed by atoms with van der Waals surface area (Å²) < 4.78 is 1.05. The Morgan fingerprint density at radius 2 is 2.10 bits per heavy atom. The van der Waals surface area contributed by atoms with Gasteiger partial charge in [0.1, 0.15) is 0 Å². The van der Waals surface area contributed by atoms with Crippen LogP contribution in [0, 0.1) is 0 Å². The van der Waals surface area contributed by atoms with E-state index in [2.05, 4.69) is 35.1 Å². The Kier molecular flexibility index (Phi) is 5.61. The van der Waals surface area contributed by atoms with Gasteiger partial charge in [-0.05, 0) is 50.9 Å². The van der Waals surface area contributed by atoms with Crippen molar-refractivity contribution in [1.29, 1.82) is 0 Å². The normalized spacial score (nSPS) is 18.5. The molecule has 0 radical (unpaired) electrons. The van der Waals surface area contributed by atoms with Crippen LogP contribution in [0.1, 0.15) is 32.3 Å². The maximum absolute atomic E-state index is 12.5. The lowest BCUT2D eigenvalue weighted by atomic mass is 10.1. The van der Waals surface area contributed by atoms with Crippen molar-refractivity contribution in [3.8, 4) is 0 Å². The number of carbonyl (C=O) groups excluding carboxylic acids is 1. The van der Waals surface area contributed by atoms with E-state index in [1.54, 1.807) is 0 Å². The molecule has 1 atom stereocenters. The van der Waals surface area contributed by atoms with Crippen LogP contribution in [0.5, 0.6) is 0 Å². The monoisotopic (exact) mass is 338 g/mol. The molecule has 4 heteroatoms. The second kappa shape index (κ2) is 7.23. The summed E-state index contributed by atoms with van der Waals surface area (Å²) >= 11 is 3.42. The van der Waals surface area contributed by atoms with Crippen molar-refractivity contribution < 1.29 is 4.79 Å². The van der Waals surface area contributed by atoms with Gasteiger partial charge in [-0.25, -0.2) is 0 Å². The highest BCUT2D eigenvalue weighted by atomic mass is 79.9. The molecule has 0 aromatic heterocycles. The molecule has 1 heterocycles. The number of carbonyl (C=O) groups is 1. The first kappa shape index (κ1) is 15.5. The Hall–Kier alpha value is -0.870. The van der Waals surface area contributed by atoms with Gasteiger partial charge in [0.25, 0.3) is 0 Å². The van der Waals surface area contributed by atoms with E-state index in [9.17, 15) is 4.79 Å². The van der Waals surface area contributed by atoms with Gasteiger partial charge in [0.2, 0.25) is 5.91 Å². The zero-order valence-corrected chi connectivity index (χ0v) is 13.8. The van der Waals surface area contributed by atoms with Gasteiger partial charge in [0.15, 0.2) is 0 Å². The second-order valence-corrected chi connectivity index (χ2v) is 6.65. The van der Waals surface area contributed by atoms with E-state index in [-0.39, 0.29) is 11.9 Å². The highest BCUT2D eigenvalue weighted by molar-refractivity contribution is 9.10. The molecule has 0 bridgehead atoms. The van der Waals surface area contributed by atoms with E-state index in [1.807, 2.05) is 29.2 Å². The third-order valence-electron chi connectivity index (χ3n) is 3.79. The zero-order valence-electron chi connectivity index (χ0n) is 12.2. The van der Waals surface area contributed by atoms with Crippen LogP contribution in [0.15, 0.2) is 28.7 Å². The van der Waals surface area contributed by atoms with Crippen molar-refractivity contribution in [2.45, 2.75) is 45.2 Å². The summed E-state index contributed by atoms with van der Waals surface area (Å²) in [5.74, 6) is 0.219. The van der Waals surface area contributed by atoms with Gasteiger partial charge in [0.05, 0.1) is 6.42 Å². The topological polar surface area (TPSA) is 32.3 Å². The molecule has 1 aliphatic rings. The third-order valence-corrected chi connectivity index (χ3v) is 4.32. The zero-order chi connectivity index (χ0) is 14.5. The summed E-state index contributed by atoms with van der Waals surface area (Å²) in [6.07, 6.45) is 2.88. The SMILES string of the molecule is CC(C)N(CC1CCCN1)C(=O)Cc1ccc(Br)cc1. The summed E-state index contributed by atoms with van der Waals surface area (Å²) in [5.41, 5.74) is 1.07. The molecule has 1 fully saturated rings. The van der Waals surface area contributed by atoms with Crippen molar-refractivity contribution in [2.75, 3.05) is 13.1 Å². The number of amides is 1. The average molecular weight is 339 g/mol. The molecule has 1 amide bonds. The molecule has 1 unspecified atom stereocenters. The molecule has 0 spiro atoms. The van der Waals surface area contributed by atoms with Gasteiger partial charge < -0.3 is 10.2 Å². The highest BCUT2D eigenvalue weighted by Crippen LogP contribution is 2.14. The molecule has 2 rings (SSSR count). The molecule has 1 N–H and O–H groups in total. The predicted molar refractivity (Wildman–Crippen MR) is 85.7 cm³/mol. The van der Waals surface area contributed by atoms with Crippen LogP contribution in [0.2, 0.25) is 0 Å². The van der Waals surface area contributed by atoms with Crippen molar-refractivity contribution in [2.24, 2.45) is 0 Å². The largest absolute Gasteiger partial charge is 0.338 e. The number of hydrogen-bond donors (Lipinski definition) is 1. The molecule has 1 aliphatic heterocycles. The first-order valence-corrected chi connectivity index (χ1v) is 8.13. The van der Waals surface area contributed by atoms with E-state index in [4.69, 9.17) is 0 Å². The van der Waals surface area contributed by atoms with Crippen molar-refractivity contribution in [1.82, 2.24) is 10.2 Å². The first-order chi connectivity index (χ1) is 9.56. The summed E-state index contributed by atoms with van der Waals surface area (Å²) in [6.45, 7) is 6.09. The number of rotatable bonds is 5. The number of nitrogens with one attached hydrogen (secondary N) is 1. The second-order valence-electron chi connectivity index (χ2n) is 5.74. The molecule has 1 saturated heterocycles. The highest BCUT2D eigenvalue weighted by Gasteiger charge is 2.23. The standard InChI is InChI=1S/C16H23BrN2O/c1-12(2)19(11-15-4-3-9-18-15)16(20)10-13-5-7-14(17)8-6-13/h5-8,12,15,18H,3-4,9-11H2,1-2H3. The predicted octanol–water partition coefficient (Wildman–Crippen LogP) is 2.98. The van der Waals surface area contributed by atoms with Gasteiger partial charge in [0, 0.05) is 23.1 Å². The van der Waals surface area contributed by atoms with Crippen LogP contribution >= 0.6 is 15.9 Å². The van der Waals surface area contributed by atoms with Gasteiger partial charge in [-0.1, -0.05) is 28.1 Å². The van der Waals surface area contributed by atoms with Crippen molar-refractivity contribution in [3.63, 3.8) is 0 Å². The maximum atomic E-state index is 12.5. The quantitative estimate of drug-likeness (QED) is 0.895. The van der Waals surface area contributed by atoms with E-state index < -0.39 is 0 Å². The van der Waals surface area contributed by atoms with E-state index in [1.165, 1.54) is 12.8 Å². The lowest BCUT2D eigenvalue weighted by Gasteiger charge is -2.29. The third kappa shape index (κ3) is 4.32. The van der Waals surface area contributed by atoms with E-state index in [0.717, 1.165) is 23.1 Å². The van der Waals surface area contributed by atoms with Crippen LogP contribution in [0.3, 0.4) is 0 Å². The summed E-state index contributed by atoms with van der Waals surface area (Å²) in [5, 5.41) is 3.47. The van der Waals surface area contributed by atoms with E-state index in [0.29, 0.717) is 12.5 Å². The van der Waals surface area contributed by atoms with Crippen molar-refractivity contribution in [3.05, 3.63) is 34.3 Å². The lowest BCUT2D eigenvalue weighted by molar-refractivity contribution is -0.132. The van der Waals surface area contributed by atoms with E-state index >= 15 is 0 Å². The van der Waals surface area contributed by atoms with Gasteiger partial charge >= 0.3 is 0 Å². The smallest absolute Gasteiger partial charge is 0.227 e. The Labute approximate surface area is 129 Å². The Morgan fingerprint density at radius 1 is 1.40 bits per heavy atom. The van der Waals surface area contributed by atoms with Gasteiger partial charge in [-0.2, -0.15) is 0 Å². The number of hydrogen-bond acceptors (Lipinski definition) is 2. The average Bonchev–Trinajstić information content (AvgIpc) is 2.91. The minimum atomic E-state index is 0.219. The first-order valence-electron chi connectivity index (χ1n) is 7.33. The fraction of sp³-hybridized carbons (Fsp3) is 0.562. The Morgan fingerprint density at radius 3 is 2.65 bits per heavy atom. The molecular formula is C16H23BrN2O. The Balaban J connectivity index is 1.97. The van der Waals surface area contributed by atoms with Crippen molar-refractivity contribution >= 4 is 21.8 Å². The van der Waals surface area contributed by atoms with Gasteiger partial charge in [-0.15, -0.1) is 0 Å². The number of nitrogens with zero attached hydrogens (tertiary/aromatic N) is 1. The molecule has 0 aliphatic carbocycles. The number of benzene rings is 1.